The van der Waals surface area contributed by atoms with Gasteiger partial charge in [0.15, 0.2) is 0 Å². The first-order valence-corrected chi connectivity index (χ1v) is 5.07. The third-order valence-electron chi connectivity index (χ3n) is 2.26. The molecule has 0 spiro atoms. The number of pyridine rings is 2. The monoisotopic (exact) mass is 229 g/mol. The van der Waals surface area contributed by atoms with Gasteiger partial charge in [-0.25, -0.2) is 4.98 Å². The van der Waals surface area contributed by atoms with E-state index < -0.39 is 0 Å². The van der Waals surface area contributed by atoms with Crippen LogP contribution >= 0.6 is 11.6 Å². The van der Waals surface area contributed by atoms with Gasteiger partial charge in [0.25, 0.3) is 0 Å². The molecule has 3 nitrogen and oxygen atoms in total. The Kier molecular flexibility index (Phi) is 2.84. The van der Waals surface area contributed by atoms with Crippen molar-refractivity contribution < 1.29 is 0 Å². The molecule has 0 N–H and O–H groups in total. The molecule has 2 heterocycles. The summed E-state index contributed by atoms with van der Waals surface area (Å²) in [6.45, 7) is 1.98. The normalized spacial score (nSPS) is 9.81. The maximum absolute atomic E-state index is 8.82. The Bertz CT molecular complexity index is 573. The number of hydrogen-bond acceptors (Lipinski definition) is 3. The Balaban J connectivity index is 2.61. The fourth-order valence-corrected chi connectivity index (χ4v) is 1.68. The molecule has 16 heavy (non-hydrogen) atoms. The third-order valence-corrected chi connectivity index (χ3v) is 2.45. The van der Waals surface area contributed by atoms with Gasteiger partial charge in [0.1, 0.15) is 16.9 Å². The molecule has 0 radical (unpaired) electrons. The fraction of sp³-hybridized carbons (Fsp3) is 0.0833. The largest absolute Gasteiger partial charge is 0.264 e. The molecule has 2 aromatic heterocycles. The fourth-order valence-electron chi connectivity index (χ4n) is 1.48. The molecular formula is C12H8ClN3. The molecule has 0 aliphatic rings. The molecule has 0 aliphatic heterocycles. The highest BCUT2D eigenvalue weighted by molar-refractivity contribution is 6.29. The van der Waals surface area contributed by atoms with E-state index in [1.165, 1.54) is 0 Å². The van der Waals surface area contributed by atoms with Crippen LogP contribution in [0.15, 0.2) is 30.6 Å². The second-order valence-electron chi connectivity index (χ2n) is 3.37. The lowest BCUT2D eigenvalue weighted by atomic mass is 10.0. The van der Waals surface area contributed by atoms with Crippen molar-refractivity contribution in [2.24, 2.45) is 0 Å². The molecule has 0 bridgehead atoms. The zero-order valence-electron chi connectivity index (χ0n) is 8.61. The number of hydrogen-bond donors (Lipinski definition) is 0. The molecule has 0 amide bonds. The van der Waals surface area contributed by atoms with Crippen LogP contribution in [0.1, 0.15) is 11.3 Å². The lowest BCUT2D eigenvalue weighted by Gasteiger charge is -2.05. The molecule has 78 valence electrons. The molecule has 0 aliphatic carbocycles. The van der Waals surface area contributed by atoms with Crippen LogP contribution in [0.2, 0.25) is 5.15 Å². The van der Waals surface area contributed by atoms with Crippen molar-refractivity contribution in [1.29, 1.82) is 5.26 Å². The number of aryl methyl sites for hydroxylation is 1. The van der Waals surface area contributed by atoms with Crippen molar-refractivity contribution in [1.82, 2.24) is 9.97 Å². The topological polar surface area (TPSA) is 49.6 Å². The minimum Gasteiger partial charge on any atom is -0.264 e. The SMILES string of the molecule is Cc1ccncc1-c1cc(Cl)nc(C#N)c1. The Morgan fingerprint density at radius 2 is 2.19 bits per heavy atom. The van der Waals surface area contributed by atoms with Crippen molar-refractivity contribution in [2.45, 2.75) is 6.92 Å². The zero-order valence-corrected chi connectivity index (χ0v) is 9.36. The quantitative estimate of drug-likeness (QED) is 0.707. The van der Waals surface area contributed by atoms with Gasteiger partial charge in [-0.05, 0) is 36.2 Å². The van der Waals surface area contributed by atoms with Crippen LogP contribution in [0.5, 0.6) is 0 Å². The van der Waals surface area contributed by atoms with Crippen LogP contribution in [0.4, 0.5) is 0 Å². The Morgan fingerprint density at radius 3 is 2.88 bits per heavy atom. The summed E-state index contributed by atoms with van der Waals surface area (Å²) < 4.78 is 0. The molecule has 4 heteroatoms. The van der Waals surface area contributed by atoms with Gasteiger partial charge < -0.3 is 0 Å². The summed E-state index contributed by atoms with van der Waals surface area (Å²) in [6.07, 6.45) is 3.48. The standard InChI is InChI=1S/C12H8ClN3/c1-8-2-3-15-7-11(8)9-4-10(6-14)16-12(13)5-9/h2-5,7H,1H3. The third kappa shape index (κ3) is 2.02. The van der Waals surface area contributed by atoms with Gasteiger partial charge in [0.2, 0.25) is 0 Å². The molecular weight excluding hydrogens is 222 g/mol. The molecule has 0 unspecified atom stereocenters. The first kappa shape index (κ1) is 10.6. The predicted molar refractivity (Wildman–Crippen MR) is 61.9 cm³/mol. The average Bonchev–Trinajstić information content (AvgIpc) is 2.28. The summed E-state index contributed by atoms with van der Waals surface area (Å²) in [6, 6.07) is 7.33. The van der Waals surface area contributed by atoms with Crippen molar-refractivity contribution in [3.63, 3.8) is 0 Å². The van der Waals surface area contributed by atoms with E-state index in [-0.39, 0.29) is 0 Å². The number of rotatable bonds is 1. The number of halogens is 1. The molecule has 0 atom stereocenters. The highest BCUT2D eigenvalue weighted by Crippen LogP contribution is 2.24. The lowest BCUT2D eigenvalue weighted by Crippen LogP contribution is -1.89. The Labute approximate surface area is 98.4 Å². The highest BCUT2D eigenvalue weighted by Gasteiger charge is 2.05. The van der Waals surface area contributed by atoms with E-state index in [9.17, 15) is 0 Å². The Hall–Kier alpha value is -1.92. The van der Waals surface area contributed by atoms with Gasteiger partial charge in [-0.3, -0.25) is 4.98 Å². The van der Waals surface area contributed by atoms with E-state index in [0.717, 1.165) is 16.7 Å². The molecule has 0 saturated heterocycles. The minimum atomic E-state index is 0.311. The maximum atomic E-state index is 8.82. The van der Waals surface area contributed by atoms with Crippen LogP contribution in [0, 0.1) is 18.3 Å². The van der Waals surface area contributed by atoms with E-state index in [4.69, 9.17) is 16.9 Å². The van der Waals surface area contributed by atoms with E-state index in [2.05, 4.69) is 9.97 Å². The van der Waals surface area contributed by atoms with Gasteiger partial charge >= 0.3 is 0 Å². The smallest absolute Gasteiger partial charge is 0.142 e. The van der Waals surface area contributed by atoms with Gasteiger partial charge in [-0.1, -0.05) is 11.6 Å². The van der Waals surface area contributed by atoms with Crippen LogP contribution in [0.3, 0.4) is 0 Å². The summed E-state index contributed by atoms with van der Waals surface area (Å²) in [7, 11) is 0. The van der Waals surface area contributed by atoms with Crippen molar-refractivity contribution in [2.75, 3.05) is 0 Å². The first-order chi connectivity index (χ1) is 7.70. The lowest BCUT2D eigenvalue weighted by molar-refractivity contribution is 1.25. The molecule has 0 saturated carbocycles. The molecule has 2 rings (SSSR count). The number of nitriles is 1. The summed E-state index contributed by atoms with van der Waals surface area (Å²) in [4.78, 5) is 7.95. The highest BCUT2D eigenvalue weighted by atomic mass is 35.5. The van der Waals surface area contributed by atoms with Crippen LogP contribution in [-0.2, 0) is 0 Å². The number of aromatic nitrogens is 2. The zero-order chi connectivity index (χ0) is 11.5. The molecule has 0 fully saturated rings. The van der Waals surface area contributed by atoms with E-state index in [1.807, 2.05) is 19.1 Å². The molecule has 0 aromatic carbocycles. The van der Waals surface area contributed by atoms with Gasteiger partial charge in [-0.15, -0.1) is 0 Å². The van der Waals surface area contributed by atoms with Crippen LogP contribution < -0.4 is 0 Å². The number of nitrogens with zero attached hydrogens (tertiary/aromatic N) is 3. The van der Waals surface area contributed by atoms with E-state index in [1.54, 1.807) is 24.5 Å². The van der Waals surface area contributed by atoms with Crippen molar-refractivity contribution >= 4 is 11.6 Å². The second-order valence-corrected chi connectivity index (χ2v) is 3.75. The predicted octanol–water partition coefficient (Wildman–Crippen LogP) is 2.98. The van der Waals surface area contributed by atoms with Crippen molar-refractivity contribution in [3.8, 4) is 17.2 Å². The molecule has 2 aromatic rings. The second kappa shape index (κ2) is 4.30. The van der Waals surface area contributed by atoms with Gasteiger partial charge in [-0.2, -0.15) is 5.26 Å². The van der Waals surface area contributed by atoms with E-state index in [0.29, 0.717) is 10.8 Å². The minimum absolute atomic E-state index is 0.311. The maximum Gasteiger partial charge on any atom is 0.142 e. The Morgan fingerprint density at radius 1 is 1.38 bits per heavy atom. The van der Waals surface area contributed by atoms with Crippen LogP contribution in [0.25, 0.3) is 11.1 Å². The van der Waals surface area contributed by atoms with Crippen LogP contribution in [-0.4, -0.2) is 9.97 Å². The summed E-state index contributed by atoms with van der Waals surface area (Å²) in [5, 5.41) is 9.13. The summed E-state index contributed by atoms with van der Waals surface area (Å²) in [5.41, 5.74) is 3.22. The van der Waals surface area contributed by atoms with Crippen molar-refractivity contribution in [3.05, 3.63) is 47.0 Å². The summed E-state index contributed by atoms with van der Waals surface area (Å²) >= 11 is 5.85. The van der Waals surface area contributed by atoms with E-state index >= 15 is 0 Å². The van der Waals surface area contributed by atoms with Gasteiger partial charge in [0.05, 0.1) is 0 Å². The first-order valence-electron chi connectivity index (χ1n) is 4.69. The van der Waals surface area contributed by atoms with Gasteiger partial charge in [0, 0.05) is 18.0 Å². The average molecular weight is 230 g/mol. The summed E-state index contributed by atoms with van der Waals surface area (Å²) in [5.74, 6) is 0.